The number of ether oxygens (including phenoxy) is 3. The molecule has 0 aliphatic rings. The molecule has 57 heavy (non-hydrogen) atoms. The fourth-order valence-corrected chi connectivity index (χ4v) is 7.12. The Kier molecular flexibility index (Phi) is 44.9. The van der Waals surface area contributed by atoms with E-state index < -0.39 is 6.10 Å². The van der Waals surface area contributed by atoms with E-state index >= 15 is 0 Å². The first kappa shape index (κ1) is 54.9. The van der Waals surface area contributed by atoms with Crippen LogP contribution in [-0.4, -0.2) is 37.2 Å². The number of carbonyl (C=O) groups excluding carboxylic acids is 3. The minimum absolute atomic E-state index is 0.0730. The van der Waals surface area contributed by atoms with E-state index in [1.54, 1.807) is 0 Å². The maximum atomic E-state index is 12.7. The van der Waals surface area contributed by atoms with Crippen LogP contribution in [0, 0.1) is 0 Å². The second-order valence-corrected chi connectivity index (χ2v) is 16.7. The lowest BCUT2D eigenvalue weighted by atomic mass is 10.1. The zero-order chi connectivity index (χ0) is 41.5. The van der Waals surface area contributed by atoms with Crippen molar-refractivity contribution in [3.8, 4) is 0 Å². The molecule has 0 spiro atoms. The maximum absolute atomic E-state index is 12.7. The summed E-state index contributed by atoms with van der Waals surface area (Å²) in [6.07, 6.45) is 51.6. The summed E-state index contributed by atoms with van der Waals surface area (Å²) in [5.41, 5.74) is 0. The molecule has 334 valence electrons. The molecule has 1 unspecified atom stereocenters. The molecule has 6 nitrogen and oxygen atoms in total. The molecule has 0 rings (SSSR count). The van der Waals surface area contributed by atoms with E-state index in [2.05, 4.69) is 45.1 Å². The van der Waals surface area contributed by atoms with E-state index in [4.69, 9.17) is 14.2 Å². The van der Waals surface area contributed by atoms with Gasteiger partial charge in [0.15, 0.2) is 6.10 Å². The van der Waals surface area contributed by atoms with Gasteiger partial charge in [-0.15, -0.1) is 0 Å². The van der Waals surface area contributed by atoms with Gasteiger partial charge < -0.3 is 14.2 Å². The topological polar surface area (TPSA) is 78.9 Å². The number of rotatable bonds is 45. The van der Waals surface area contributed by atoms with Gasteiger partial charge >= 0.3 is 17.9 Å². The summed E-state index contributed by atoms with van der Waals surface area (Å²) >= 11 is 0. The largest absolute Gasteiger partial charge is 0.462 e. The van der Waals surface area contributed by atoms with Gasteiger partial charge in [0, 0.05) is 19.3 Å². The highest BCUT2D eigenvalue weighted by Gasteiger charge is 2.19. The van der Waals surface area contributed by atoms with Gasteiger partial charge in [-0.25, -0.2) is 0 Å². The number of esters is 3. The van der Waals surface area contributed by atoms with E-state index in [9.17, 15) is 14.4 Å². The summed E-state index contributed by atoms with van der Waals surface area (Å²) in [4.78, 5) is 37.8. The zero-order valence-corrected chi connectivity index (χ0v) is 38.1. The first-order valence-corrected chi connectivity index (χ1v) is 24.8. The Labute approximate surface area is 353 Å². The molecule has 0 saturated heterocycles. The molecule has 0 aliphatic heterocycles. The highest BCUT2D eigenvalue weighted by molar-refractivity contribution is 5.71. The van der Waals surface area contributed by atoms with Crippen molar-refractivity contribution in [2.45, 2.75) is 271 Å². The number of allylic oxidation sites excluding steroid dienone is 4. The Hall–Kier alpha value is -2.11. The van der Waals surface area contributed by atoms with Crippen LogP contribution >= 0.6 is 0 Å². The summed E-state index contributed by atoms with van der Waals surface area (Å²) < 4.78 is 16.7. The van der Waals surface area contributed by atoms with Crippen molar-refractivity contribution < 1.29 is 28.6 Å². The molecule has 0 aromatic heterocycles. The van der Waals surface area contributed by atoms with Crippen LogP contribution < -0.4 is 0 Å². The van der Waals surface area contributed by atoms with Gasteiger partial charge in [0.25, 0.3) is 0 Å². The molecule has 0 aromatic carbocycles. The van der Waals surface area contributed by atoms with Crippen molar-refractivity contribution in [3.05, 3.63) is 24.3 Å². The third kappa shape index (κ3) is 44.8. The van der Waals surface area contributed by atoms with Gasteiger partial charge in [0.05, 0.1) is 0 Å². The molecule has 0 amide bonds. The van der Waals surface area contributed by atoms with E-state index in [0.717, 1.165) is 70.6 Å². The van der Waals surface area contributed by atoms with Crippen molar-refractivity contribution in [3.63, 3.8) is 0 Å². The van der Waals surface area contributed by atoms with Crippen molar-refractivity contribution in [2.24, 2.45) is 0 Å². The van der Waals surface area contributed by atoms with Gasteiger partial charge in [0.2, 0.25) is 0 Å². The lowest BCUT2D eigenvalue weighted by Crippen LogP contribution is -2.30. The van der Waals surface area contributed by atoms with E-state index in [0.29, 0.717) is 19.3 Å². The van der Waals surface area contributed by atoms with Crippen molar-refractivity contribution in [1.29, 1.82) is 0 Å². The van der Waals surface area contributed by atoms with Gasteiger partial charge in [0.1, 0.15) is 13.2 Å². The third-order valence-electron chi connectivity index (χ3n) is 10.9. The Bertz CT molecular complexity index is 927. The van der Waals surface area contributed by atoms with Gasteiger partial charge in [-0.2, -0.15) is 0 Å². The fourth-order valence-electron chi connectivity index (χ4n) is 7.12. The third-order valence-corrected chi connectivity index (χ3v) is 10.9. The number of unbranched alkanes of at least 4 members (excludes halogenated alkanes) is 30. The standard InChI is InChI=1S/C51H94O6/c1-4-7-10-13-16-19-22-23-24-25-26-27-28-30-32-35-38-41-44-50(53)56-47-48(46-55-49(52)43-40-37-34-31-21-18-15-12-9-6-3)57-51(54)45-42-39-36-33-29-20-17-14-11-8-5-2/h14,17,24-25,48H,4-13,15-16,18-23,26-47H2,1-3H3/b17-14-,25-24-. The van der Waals surface area contributed by atoms with Crippen LogP contribution in [0.3, 0.4) is 0 Å². The van der Waals surface area contributed by atoms with Gasteiger partial charge in [-0.3, -0.25) is 14.4 Å². The molecule has 0 aromatic rings. The fraction of sp³-hybridized carbons (Fsp3) is 0.863. The summed E-state index contributed by atoms with van der Waals surface area (Å²) in [7, 11) is 0. The van der Waals surface area contributed by atoms with E-state index in [-0.39, 0.29) is 31.1 Å². The molecule has 0 aliphatic carbocycles. The molecular formula is C51H94O6. The van der Waals surface area contributed by atoms with Crippen molar-refractivity contribution in [2.75, 3.05) is 13.2 Å². The Morgan fingerprint density at radius 3 is 0.930 bits per heavy atom. The predicted molar refractivity (Wildman–Crippen MR) is 243 cm³/mol. The Morgan fingerprint density at radius 1 is 0.333 bits per heavy atom. The summed E-state index contributed by atoms with van der Waals surface area (Å²) in [5.74, 6) is -0.881. The van der Waals surface area contributed by atoms with Crippen LogP contribution in [0.25, 0.3) is 0 Å². The zero-order valence-electron chi connectivity index (χ0n) is 38.1. The highest BCUT2D eigenvalue weighted by Crippen LogP contribution is 2.15. The monoisotopic (exact) mass is 803 g/mol. The van der Waals surface area contributed by atoms with Crippen LogP contribution in [-0.2, 0) is 28.6 Å². The van der Waals surface area contributed by atoms with Crippen LogP contribution in [0.1, 0.15) is 265 Å². The lowest BCUT2D eigenvalue weighted by Gasteiger charge is -2.18. The first-order chi connectivity index (χ1) is 28.0. The van der Waals surface area contributed by atoms with Crippen LogP contribution in [0.5, 0.6) is 0 Å². The van der Waals surface area contributed by atoms with E-state index in [1.807, 2.05) is 0 Å². The predicted octanol–water partition coefficient (Wildman–Crippen LogP) is 16.0. The lowest BCUT2D eigenvalue weighted by molar-refractivity contribution is -0.167. The minimum Gasteiger partial charge on any atom is -0.462 e. The summed E-state index contributed by atoms with van der Waals surface area (Å²) in [5, 5.41) is 0. The summed E-state index contributed by atoms with van der Waals surface area (Å²) in [6, 6.07) is 0. The quantitative estimate of drug-likeness (QED) is 0.0264. The van der Waals surface area contributed by atoms with Crippen molar-refractivity contribution in [1.82, 2.24) is 0 Å². The summed E-state index contributed by atoms with van der Waals surface area (Å²) in [6.45, 7) is 6.59. The van der Waals surface area contributed by atoms with Crippen LogP contribution in [0.2, 0.25) is 0 Å². The molecule has 0 N–H and O–H groups in total. The first-order valence-electron chi connectivity index (χ1n) is 24.8. The molecule has 6 heteroatoms. The smallest absolute Gasteiger partial charge is 0.306 e. The highest BCUT2D eigenvalue weighted by atomic mass is 16.6. The molecule has 0 radical (unpaired) electrons. The Morgan fingerprint density at radius 2 is 0.596 bits per heavy atom. The molecular weight excluding hydrogens is 709 g/mol. The molecule has 1 atom stereocenters. The average Bonchev–Trinajstić information content (AvgIpc) is 3.21. The number of hydrogen-bond acceptors (Lipinski definition) is 6. The number of hydrogen-bond donors (Lipinski definition) is 0. The van der Waals surface area contributed by atoms with Crippen LogP contribution in [0.4, 0.5) is 0 Å². The Balaban J connectivity index is 4.29. The minimum atomic E-state index is -0.771. The second-order valence-electron chi connectivity index (χ2n) is 16.7. The van der Waals surface area contributed by atoms with E-state index in [1.165, 1.54) is 154 Å². The SMILES string of the molecule is CCCC/C=C\CCCCCCCC(=O)OC(COC(=O)CCCCCCCCC/C=C\CCCCCCCCC)COC(=O)CCCCCCCCCCCC. The second kappa shape index (κ2) is 46.6. The average molecular weight is 803 g/mol. The molecule has 0 heterocycles. The molecule has 0 bridgehead atoms. The number of carbonyl (C=O) groups is 3. The van der Waals surface area contributed by atoms with Crippen LogP contribution in [0.15, 0.2) is 24.3 Å². The molecule has 0 fully saturated rings. The maximum Gasteiger partial charge on any atom is 0.306 e. The van der Waals surface area contributed by atoms with Gasteiger partial charge in [-0.1, -0.05) is 206 Å². The van der Waals surface area contributed by atoms with Crippen molar-refractivity contribution >= 4 is 17.9 Å². The normalized spacial score (nSPS) is 12.1. The van der Waals surface area contributed by atoms with Gasteiger partial charge in [-0.05, 0) is 64.2 Å². The molecule has 0 saturated carbocycles.